The number of hydrogen-bond acceptors (Lipinski definition) is 4. The average molecular weight is 382 g/mol. The summed E-state index contributed by atoms with van der Waals surface area (Å²) in [4.78, 5) is 23.5. The van der Waals surface area contributed by atoms with Gasteiger partial charge < -0.3 is 20.1 Å². The smallest absolute Gasteiger partial charge is 0.257 e. The molecule has 0 fully saturated rings. The summed E-state index contributed by atoms with van der Waals surface area (Å²) >= 11 is 0. The Balaban J connectivity index is 1.91. The Morgan fingerprint density at radius 1 is 1.07 bits per heavy atom. The number of ether oxygens (including phenoxy) is 2. The Morgan fingerprint density at radius 3 is 2.61 bits per heavy atom. The van der Waals surface area contributed by atoms with Gasteiger partial charge in [0, 0.05) is 19.2 Å². The summed E-state index contributed by atoms with van der Waals surface area (Å²) in [6.07, 6.45) is 3.29. The second kappa shape index (κ2) is 10.8. The number of methoxy groups -OCH3 is 1. The van der Waals surface area contributed by atoms with Crippen molar-refractivity contribution >= 4 is 17.9 Å². The topological polar surface area (TPSA) is 76.7 Å². The van der Waals surface area contributed by atoms with Crippen LogP contribution in [0.1, 0.15) is 23.6 Å². The van der Waals surface area contributed by atoms with Crippen molar-refractivity contribution in [1.29, 1.82) is 0 Å². The zero-order valence-electron chi connectivity index (χ0n) is 16.5. The van der Waals surface area contributed by atoms with E-state index in [9.17, 15) is 9.59 Å². The van der Waals surface area contributed by atoms with Crippen LogP contribution in [0.3, 0.4) is 0 Å². The van der Waals surface area contributed by atoms with E-state index in [0.717, 1.165) is 16.7 Å². The van der Waals surface area contributed by atoms with E-state index in [1.165, 1.54) is 13.2 Å². The van der Waals surface area contributed by atoms with Gasteiger partial charge in [-0.2, -0.15) is 0 Å². The maximum Gasteiger partial charge on any atom is 0.257 e. The van der Waals surface area contributed by atoms with Gasteiger partial charge in [-0.15, -0.1) is 0 Å². The summed E-state index contributed by atoms with van der Waals surface area (Å²) in [5, 5.41) is 5.50. The Morgan fingerprint density at radius 2 is 1.89 bits per heavy atom. The Hall–Kier alpha value is -3.28. The van der Waals surface area contributed by atoms with Crippen molar-refractivity contribution in [3.05, 3.63) is 65.2 Å². The first-order valence-electron chi connectivity index (χ1n) is 9.10. The molecule has 2 N–H and O–H groups in total. The molecule has 2 rings (SSSR count). The van der Waals surface area contributed by atoms with Crippen LogP contribution in [0.2, 0.25) is 0 Å². The summed E-state index contributed by atoms with van der Waals surface area (Å²) in [6, 6.07) is 13.2. The summed E-state index contributed by atoms with van der Waals surface area (Å²) in [5.74, 6) is 0.604. The number of carbonyl (C=O) groups excluding carboxylic acids is 2. The van der Waals surface area contributed by atoms with Crippen molar-refractivity contribution in [2.75, 3.05) is 20.3 Å². The lowest BCUT2D eigenvalue weighted by atomic mass is 10.1. The summed E-state index contributed by atoms with van der Waals surface area (Å²) in [7, 11) is 1.53. The van der Waals surface area contributed by atoms with Crippen molar-refractivity contribution in [2.45, 2.75) is 20.4 Å². The molecule has 2 amide bonds. The van der Waals surface area contributed by atoms with Crippen LogP contribution in [-0.4, -0.2) is 32.1 Å². The van der Waals surface area contributed by atoms with Gasteiger partial charge in [-0.05, 0) is 43.2 Å². The van der Waals surface area contributed by atoms with E-state index in [4.69, 9.17) is 9.47 Å². The molecule has 28 heavy (non-hydrogen) atoms. The van der Waals surface area contributed by atoms with Crippen molar-refractivity contribution in [2.24, 2.45) is 0 Å². The van der Waals surface area contributed by atoms with Crippen LogP contribution in [-0.2, 0) is 16.1 Å². The highest BCUT2D eigenvalue weighted by Gasteiger charge is 2.08. The molecule has 0 heterocycles. The summed E-state index contributed by atoms with van der Waals surface area (Å²) in [5.41, 5.74) is 2.98. The molecule has 2 aromatic rings. The minimum atomic E-state index is -0.193. The Labute approximate surface area is 165 Å². The van der Waals surface area contributed by atoms with Gasteiger partial charge in [0.1, 0.15) is 0 Å². The van der Waals surface area contributed by atoms with Crippen molar-refractivity contribution in [3.8, 4) is 11.5 Å². The number of aryl methyl sites for hydroxylation is 1. The minimum Gasteiger partial charge on any atom is -0.493 e. The van der Waals surface area contributed by atoms with Crippen LogP contribution in [0.25, 0.3) is 6.08 Å². The van der Waals surface area contributed by atoms with Gasteiger partial charge in [-0.3, -0.25) is 9.59 Å². The van der Waals surface area contributed by atoms with E-state index >= 15 is 0 Å². The fourth-order valence-electron chi connectivity index (χ4n) is 2.53. The molecular weight excluding hydrogens is 356 g/mol. The molecule has 0 aliphatic rings. The van der Waals surface area contributed by atoms with Crippen LogP contribution in [0.15, 0.2) is 48.5 Å². The zero-order valence-corrected chi connectivity index (χ0v) is 16.5. The third kappa shape index (κ3) is 6.79. The van der Waals surface area contributed by atoms with Crippen molar-refractivity contribution < 1.29 is 19.1 Å². The molecule has 0 spiro atoms. The van der Waals surface area contributed by atoms with Gasteiger partial charge in [0.25, 0.3) is 5.91 Å². The predicted octanol–water partition coefficient (Wildman–Crippen LogP) is 2.85. The third-order valence-corrected chi connectivity index (χ3v) is 3.90. The molecule has 0 bridgehead atoms. The average Bonchev–Trinajstić information content (AvgIpc) is 2.69. The van der Waals surface area contributed by atoms with Crippen LogP contribution in [0.5, 0.6) is 11.5 Å². The number of carbonyl (C=O) groups is 2. The van der Waals surface area contributed by atoms with Gasteiger partial charge in [-0.25, -0.2) is 0 Å². The van der Waals surface area contributed by atoms with E-state index in [-0.39, 0.29) is 18.4 Å². The number of rotatable bonds is 9. The monoisotopic (exact) mass is 382 g/mol. The molecule has 0 radical (unpaired) electrons. The predicted molar refractivity (Wildman–Crippen MR) is 109 cm³/mol. The van der Waals surface area contributed by atoms with Crippen LogP contribution < -0.4 is 20.1 Å². The Kier molecular flexibility index (Phi) is 8.09. The van der Waals surface area contributed by atoms with Gasteiger partial charge in [-0.1, -0.05) is 35.9 Å². The highest BCUT2D eigenvalue weighted by atomic mass is 16.5. The fourth-order valence-corrected chi connectivity index (χ4v) is 2.53. The lowest BCUT2D eigenvalue weighted by Gasteiger charge is -2.12. The van der Waals surface area contributed by atoms with Crippen molar-refractivity contribution in [1.82, 2.24) is 10.6 Å². The highest BCUT2D eigenvalue weighted by Crippen LogP contribution is 2.28. The van der Waals surface area contributed by atoms with Gasteiger partial charge in [0.2, 0.25) is 5.91 Å². The molecule has 0 atom stereocenters. The molecular formula is C22H26N2O4. The molecule has 6 heteroatoms. The lowest BCUT2D eigenvalue weighted by Crippen LogP contribution is -2.28. The minimum absolute atomic E-state index is 0.0793. The van der Waals surface area contributed by atoms with Crippen LogP contribution in [0.4, 0.5) is 0 Å². The molecule has 0 aliphatic carbocycles. The number of hydrogen-bond donors (Lipinski definition) is 2. The van der Waals surface area contributed by atoms with E-state index in [2.05, 4.69) is 10.6 Å². The molecule has 0 aromatic heterocycles. The number of likely N-dealkylation sites (N-methyl/N-ethyl adjacent to an activating group) is 1. The quantitative estimate of drug-likeness (QED) is 0.654. The fraction of sp³-hybridized carbons (Fsp3) is 0.273. The first kappa shape index (κ1) is 21.0. The van der Waals surface area contributed by atoms with Gasteiger partial charge >= 0.3 is 0 Å². The molecule has 148 valence electrons. The normalized spacial score (nSPS) is 10.5. The second-order valence-corrected chi connectivity index (χ2v) is 6.19. The van der Waals surface area contributed by atoms with Crippen LogP contribution >= 0.6 is 0 Å². The summed E-state index contributed by atoms with van der Waals surface area (Å²) < 4.78 is 10.8. The van der Waals surface area contributed by atoms with Gasteiger partial charge in [0.05, 0.1) is 7.11 Å². The highest BCUT2D eigenvalue weighted by molar-refractivity contribution is 5.91. The van der Waals surface area contributed by atoms with Crippen LogP contribution in [0, 0.1) is 6.92 Å². The first-order chi connectivity index (χ1) is 13.5. The molecule has 0 aliphatic heterocycles. The van der Waals surface area contributed by atoms with Crippen molar-refractivity contribution in [3.63, 3.8) is 0 Å². The first-order valence-corrected chi connectivity index (χ1v) is 9.10. The largest absolute Gasteiger partial charge is 0.493 e. The molecule has 2 aromatic carbocycles. The van der Waals surface area contributed by atoms with E-state index in [0.29, 0.717) is 24.6 Å². The standard InChI is InChI=1S/C22H26N2O4/c1-4-23-22(26)15-28-19-10-8-18(13-20(19)27-3)14-24-21(25)11-9-17-7-5-6-16(2)12-17/h5-13H,4,14-15H2,1-3H3,(H,23,26)(H,24,25)/b11-9+. The summed E-state index contributed by atoms with van der Waals surface area (Å²) in [6.45, 7) is 4.68. The van der Waals surface area contributed by atoms with E-state index < -0.39 is 0 Å². The number of benzene rings is 2. The Bertz CT molecular complexity index is 846. The SMILES string of the molecule is CCNC(=O)COc1ccc(CNC(=O)/C=C/c2cccc(C)c2)cc1OC. The molecule has 0 unspecified atom stereocenters. The molecule has 6 nitrogen and oxygen atoms in total. The lowest BCUT2D eigenvalue weighted by molar-refractivity contribution is -0.123. The van der Waals surface area contributed by atoms with E-state index in [1.807, 2.05) is 44.2 Å². The second-order valence-electron chi connectivity index (χ2n) is 6.19. The van der Waals surface area contributed by atoms with Gasteiger partial charge in [0.15, 0.2) is 18.1 Å². The zero-order chi connectivity index (χ0) is 20.4. The maximum absolute atomic E-state index is 12.0. The van der Waals surface area contributed by atoms with E-state index in [1.54, 1.807) is 18.2 Å². The molecule has 0 saturated carbocycles. The number of amides is 2. The number of nitrogens with one attached hydrogen (secondary N) is 2. The maximum atomic E-state index is 12.0. The third-order valence-electron chi connectivity index (χ3n) is 3.90. The molecule has 0 saturated heterocycles.